The topological polar surface area (TPSA) is 105 Å². The van der Waals surface area contributed by atoms with Crippen LogP contribution in [0, 0.1) is 0 Å². The van der Waals surface area contributed by atoms with Gasteiger partial charge in [0.1, 0.15) is 0 Å². The van der Waals surface area contributed by atoms with Crippen LogP contribution in [0.4, 0.5) is 5.69 Å². The van der Waals surface area contributed by atoms with Crippen molar-refractivity contribution in [1.29, 1.82) is 0 Å². The third kappa shape index (κ3) is 4.31. The van der Waals surface area contributed by atoms with Crippen LogP contribution in [0.25, 0.3) is 11.4 Å². The first-order chi connectivity index (χ1) is 13.9. The van der Waals surface area contributed by atoms with Crippen molar-refractivity contribution in [2.75, 3.05) is 11.4 Å². The van der Waals surface area contributed by atoms with E-state index in [9.17, 15) is 13.2 Å². The minimum absolute atomic E-state index is 0.0469. The molecule has 2 heterocycles. The lowest BCUT2D eigenvalue weighted by Crippen LogP contribution is -2.25. The van der Waals surface area contributed by atoms with Gasteiger partial charge in [0.25, 0.3) is 0 Å². The number of anilines is 1. The molecule has 150 valence electrons. The summed E-state index contributed by atoms with van der Waals surface area (Å²) in [5.41, 5.74) is 1.36. The van der Waals surface area contributed by atoms with Gasteiger partial charge in [-0.2, -0.15) is 4.98 Å². The number of hydrogen-bond acceptors (Lipinski definition) is 6. The van der Waals surface area contributed by atoms with Crippen LogP contribution in [0.3, 0.4) is 0 Å². The third-order valence-electron chi connectivity index (χ3n) is 4.50. The Kier molecular flexibility index (Phi) is 5.35. The molecule has 1 saturated heterocycles. The zero-order chi connectivity index (χ0) is 20.4. The summed E-state index contributed by atoms with van der Waals surface area (Å²) < 4.78 is 32.6. The molecule has 0 bridgehead atoms. The molecule has 0 atom stereocenters. The van der Waals surface area contributed by atoms with Crippen LogP contribution in [-0.4, -0.2) is 31.0 Å². The van der Waals surface area contributed by atoms with Gasteiger partial charge in [0.15, 0.2) is 0 Å². The maximum Gasteiger partial charge on any atom is 0.242 e. The van der Waals surface area contributed by atoms with E-state index in [0.29, 0.717) is 35.1 Å². The van der Waals surface area contributed by atoms with Crippen molar-refractivity contribution in [3.05, 3.63) is 59.4 Å². The normalized spacial score (nSPS) is 14.5. The van der Waals surface area contributed by atoms with Gasteiger partial charge in [-0.1, -0.05) is 28.9 Å². The second-order valence-corrected chi connectivity index (χ2v) is 8.69. The first-order valence-corrected chi connectivity index (χ1v) is 10.8. The minimum Gasteiger partial charge on any atom is -0.338 e. The van der Waals surface area contributed by atoms with Crippen molar-refractivity contribution in [3.63, 3.8) is 0 Å². The maximum atomic E-state index is 12.5. The van der Waals surface area contributed by atoms with Crippen molar-refractivity contribution in [3.8, 4) is 11.4 Å². The van der Waals surface area contributed by atoms with E-state index < -0.39 is 10.0 Å². The van der Waals surface area contributed by atoms with E-state index in [1.165, 1.54) is 12.1 Å². The molecule has 1 amide bonds. The van der Waals surface area contributed by atoms with Crippen LogP contribution in [0.2, 0.25) is 5.02 Å². The number of amides is 1. The van der Waals surface area contributed by atoms with E-state index in [1.807, 2.05) is 0 Å². The molecule has 29 heavy (non-hydrogen) atoms. The van der Waals surface area contributed by atoms with E-state index in [4.69, 9.17) is 16.1 Å². The Bertz CT molecular complexity index is 1150. The lowest BCUT2D eigenvalue weighted by Gasteiger charge is -2.15. The molecule has 4 rings (SSSR count). The Morgan fingerprint density at radius 3 is 2.66 bits per heavy atom. The molecule has 0 radical (unpaired) electrons. The van der Waals surface area contributed by atoms with Crippen molar-refractivity contribution < 1.29 is 17.7 Å². The van der Waals surface area contributed by atoms with Crippen molar-refractivity contribution in [1.82, 2.24) is 14.9 Å². The Hall–Kier alpha value is -2.75. The maximum absolute atomic E-state index is 12.5. The van der Waals surface area contributed by atoms with Crippen LogP contribution in [-0.2, 0) is 21.4 Å². The number of halogens is 1. The van der Waals surface area contributed by atoms with Gasteiger partial charge in [-0.25, -0.2) is 13.1 Å². The molecule has 8 nitrogen and oxygen atoms in total. The monoisotopic (exact) mass is 432 g/mol. The molecule has 3 aromatic rings. The lowest BCUT2D eigenvalue weighted by atomic mass is 10.2. The zero-order valence-corrected chi connectivity index (χ0v) is 16.8. The summed E-state index contributed by atoms with van der Waals surface area (Å²) in [6, 6.07) is 13.1. The number of benzene rings is 2. The molecular formula is C19H17ClN4O4S. The van der Waals surface area contributed by atoms with Gasteiger partial charge in [0.05, 0.1) is 11.4 Å². The van der Waals surface area contributed by atoms with Crippen LogP contribution in [0.5, 0.6) is 0 Å². The molecular weight excluding hydrogens is 416 g/mol. The Morgan fingerprint density at radius 2 is 1.97 bits per heavy atom. The molecule has 1 fully saturated rings. The van der Waals surface area contributed by atoms with Crippen molar-refractivity contribution in [2.24, 2.45) is 0 Å². The highest BCUT2D eigenvalue weighted by Crippen LogP contribution is 2.23. The third-order valence-corrected chi connectivity index (χ3v) is 6.15. The van der Waals surface area contributed by atoms with Crippen LogP contribution in [0.1, 0.15) is 18.7 Å². The highest BCUT2D eigenvalue weighted by molar-refractivity contribution is 7.89. The van der Waals surface area contributed by atoms with Gasteiger partial charge in [-0.3, -0.25) is 4.79 Å². The number of aromatic nitrogens is 2. The number of hydrogen-bond donors (Lipinski definition) is 1. The fraction of sp³-hybridized carbons (Fsp3) is 0.211. The van der Waals surface area contributed by atoms with Crippen LogP contribution in [0.15, 0.2) is 57.9 Å². The van der Waals surface area contributed by atoms with Crippen molar-refractivity contribution >= 4 is 33.2 Å². The summed E-state index contributed by atoms with van der Waals surface area (Å²) in [4.78, 5) is 17.7. The van der Waals surface area contributed by atoms with Gasteiger partial charge in [-0.05, 0) is 42.8 Å². The quantitative estimate of drug-likeness (QED) is 0.641. The van der Waals surface area contributed by atoms with Gasteiger partial charge in [0.2, 0.25) is 27.6 Å². The largest absolute Gasteiger partial charge is 0.338 e. The number of nitrogens with one attached hydrogen (secondary N) is 1. The van der Waals surface area contributed by atoms with E-state index in [2.05, 4.69) is 14.9 Å². The van der Waals surface area contributed by atoms with Crippen LogP contribution < -0.4 is 9.62 Å². The number of carbonyl (C=O) groups excluding carboxylic acids is 1. The number of carbonyl (C=O) groups is 1. The molecule has 10 heteroatoms. The molecule has 1 N–H and O–H groups in total. The summed E-state index contributed by atoms with van der Waals surface area (Å²) >= 11 is 5.95. The summed E-state index contributed by atoms with van der Waals surface area (Å²) in [5.74, 6) is 0.495. The highest BCUT2D eigenvalue weighted by Gasteiger charge is 2.22. The Balaban J connectivity index is 1.43. The second-order valence-electron chi connectivity index (χ2n) is 6.49. The molecule has 0 spiro atoms. The number of rotatable bonds is 6. The smallest absolute Gasteiger partial charge is 0.242 e. The first-order valence-electron chi connectivity index (χ1n) is 8.91. The van der Waals surface area contributed by atoms with Crippen molar-refractivity contribution in [2.45, 2.75) is 24.3 Å². The number of sulfonamides is 1. The fourth-order valence-corrected chi connectivity index (χ4v) is 4.20. The Morgan fingerprint density at radius 1 is 1.17 bits per heavy atom. The van der Waals surface area contributed by atoms with E-state index in [-0.39, 0.29) is 23.2 Å². The van der Waals surface area contributed by atoms with Gasteiger partial charge in [-0.15, -0.1) is 0 Å². The summed E-state index contributed by atoms with van der Waals surface area (Å²) in [5, 5.41) is 4.38. The average molecular weight is 433 g/mol. The highest BCUT2D eigenvalue weighted by atomic mass is 35.5. The Labute approximate surface area is 172 Å². The molecule has 2 aromatic carbocycles. The average Bonchev–Trinajstić information content (AvgIpc) is 3.36. The molecule has 0 aliphatic carbocycles. The van der Waals surface area contributed by atoms with E-state index in [1.54, 1.807) is 41.3 Å². The minimum atomic E-state index is -3.78. The standard InChI is InChI=1S/C19H17ClN4O4S/c20-14-4-1-3-13(11-14)19-22-17(28-23-19)12-21-29(26,27)16-8-6-15(7-9-16)24-10-2-5-18(24)25/h1,3-4,6-9,11,21H,2,5,10,12H2. The predicted molar refractivity (Wildman–Crippen MR) is 107 cm³/mol. The first kappa shape index (κ1) is 19.6. The predicted octanol–water partition coefficient (Wildman–Crippen LogP) is 3.00. The summed E-state index contributed by atoms with van der Waals surface area (Å²) in [6.45, 7) is 0.498. The molecule has 1 aliphatic heterocycles. The SMILES string of the molecule is O=C1CCCN1c1ccc(S(=O)(=O)NCc2nc(-c3cccc(Cl)c3)no2)cc1. The van der Waals surface area contributed by atoms with E-state index in [0.717, 1.165) is 6.42 Å². The zero-order valence-electron chi connectivity index (χ0n) is 15.2. The summed E-state index contributed by atoms with van der Waals surface area (Å²) in [7, 11) is -3.78. The molecule has 0 unspecified atom stereocenters. The molecule has 0 saturated carbocycles. The van der Waals surface area contributed by atoms with Gasteiger partial charge >= 0.3 is 0 Å². The molecule has 1 aromatic heterocycles. The second kappa shape index (κ2) is 7.94. The summed E-state index contributed by atoms with van der Waals surface area (Å²) in [6.07, 6.45) is 1.32. The van der Waals surface area contributed by atoms with Gasteiger partial charge in [0, 0.05) is 29.2 Å². The lowest BCUT2D eigenvalue weighted by molar-refractivity contribution is -0.117. The van der Waals surface area contributed by atoms with E-state index >= 15 is 0 Å². The van der Waals surface area contributed by atoms with Crippen LogP contribution >= 0.6 is 11.6 Å². The van der Waals surface area contributed by atoms with Gasteiger partial charge < -0.3 is 9.42 Å². The fourth-order valence-electron chi connectivity index (χ4n) is 3.04. The number of nitrogens with zero attached hydrogens (tertiary/aromatic N) is 3. The molecule has 1 aliphatic rings.